The zero-order valence-electron chi connectivity index (χ0n) is 15.0. The summed E-state index contributed by atoms with van der Waals surface area (Å²) in [4.78, 5) is 11.9. The predicted molar refractivity (Wildman–Crippen MR) is 95.0 cm³/mol. The van der Waals surface area contributed by atoms with Gasteiger partial charge in [-0.15, -0.1) is 0 Å². The van der Waals surface area contributed by atoms with Gasteiger partial charge in [-0.3, -0.25) is 0 Å². The molecule has 0 bridgehead atoms. The number of rotatable bonds is 3. The first-order valence-corrected chi connectivity index (χ1v) is 8.56. The zero-order chi connectivity index (χ0) is 17.0. The summed E-state index contributed by atoms with van der Waals surface area (Å²) in [5.41, 5.74) is 3.28. The number of nitrogens with one attached hydrogen (secondary N) is 2. The first kappa shape index (κ1) is 17.6. The first-order valence-electron chi connectivity index (χ1n) is 8.56. The molecule has 2 unspecified atom stereocenters. The highest BCUT2D eigenvalue weighted by molar-refractivity contribution is 5.68. The van der Waals surface area contributed by atoms with Crippen molar-refractivity contribution in [3.8, 4) is 0 Å². The molecule has 1 fully saturated rings. The van der Waals surface area contributed by atoms with Crippen LogP contribution in [-0.4, -0.2) is 23.8 Å². The number of alkyl carbamates (subject to hydrolysis) is 1. The van der Waals surface area contributed by atoms with Gasteiger partial charge in [0.25, 0.3) is 0 Å². The quantitative estimate of drug-likeness (QED) is 0.859. The lowest BCUT2D eigenvalue weighted by atomic mass is 9.90. The molecule has 0 spiro atoms. The number of benzene rings is 1. The maximum absolute atomic E-state index is 11.9. The molecule has 0 saturated heterocycles. The molecule has 1 aromatic carbocycles. The van der Waals surface area contributed by atoms with E-state index < -0.39 is 5.60 Å². The van der Waals surface area contributed by atoms with Gasteiger partial charge in [0.15, 0.2) is 0 Å². The van der Waals surface area contributed by atoms with Gasteiger partial charge in [-0.05, 0) is 77.5 Å². The predicted octanol–water partition coefficient (Wildman–Crippen LogP) is 4.55. The molecule has 23 heavy (non-hydrogen) atoms. The molecule has 4 heteroatoms. The summed E-state index contributed by atoms with van der Waals surface area (Å²) >= 11 is 0. The highest BCUT2D eigenvalue weighted by Gasteiger charge is 2.25. The number of carbonyl (C=O) groups excluding carboxylic acids is 1. The van der Waals surface area contributed by atoms with E-state index in [9.17, 15) is 4.79 Å². The van der Waals surface area contributed by atoms with E-state index in [4.69, 9.17) is 4.74 Å². The lowest BCUT2D eigenvalue weighted by Crippen LogP contribution is -2.43. The van der Waals surface area contributed by atoms with Crippen molar-refractivity contribution in [3.05, 3.63) is 29.3 Å². The van der Waals surface area contributed by atoms with E-state index in [2.05, 4.69) is 42.7 Å². The molecule has 1 aliphatic carbocycles. The Morgan fingerprint density at radius 2 is 1.87 bits per heavy atom. The zero-order valence-corrected chi connectivity index (χ0v) is 15.0. The average molecular weight is 318 g/mol. The summed E-state index contributed by atoms with van der Waals surface area (Å²) in [5, 5.41) is 6.67. The Labute approximate surface area is 140 Å². The summed E-state index contributed by atoms with van der Waals surface area (Å²) in [5.74, 6) is 0. The smallest absolute Gasteiger partial charge is 0.407 e. The fourth-order valence-corrected chi connectivity index (χ4v) is 3.04. The molecule has 0 radical (unpaired) electrons. The van der Waals surface area contributed by atoms with Crippen LogP contribution in [0.3, 0.4) is 0 Å². The summed E-state index contributed by atoms with van der Waals surface area (Å²) in [7, 11) is 0. The molecular weight excluding hydrogens is 288 g/mol. The maximum Gasteiger partial charge on any atom is 0.407 e. The molecule has 1 amide bonds. The van der Waals surface area contributed by atoms with Gasteiger partial charge in [-0.1, -0.05) is 12.1 Å². The van der Waals surface area contributed by atoms with Gasteiger partial charge >= 0.3 is 6.09 Å². The number of carbonyl (C=O) groups is 1. The maximum atomic E-state index is 11.9. The molecule has 1 saturated carbocycles. The van der Waals surface area contributed by atoms with Crippen LogP contribution in [0.4, 0.5) is 10.5 Å². The van der Waals surface area contributed by atoms with E-state index >= 15 is 0 Å². The number of anilines is 1. The van der Waals surface area contributed by atoms with Gasteiger partial charge in [0, 0.05) is 17.8 Å². The fraction of sp³-hybridized carbons (Fsp3) is 0.632. The van der Waals surface area contributed by atoms with Crippen molar-refractivity contribution in [3.63, 3.8) is 0 Å². The second-order valence-electron chi connectivity index (χ2n) is 7.67. The van der Waals surface area contributed by atoms with Crippen LogP contribution in [0, 0.1) is 13.8 Å². The number of amides is 1. The summed E-state index contributed by atoms with van der Waals surface area (Å²) in [6.45, 7) is 9.90. The van der Waals surface area contributed by atoms with Crippen LogP contribution in [0.25, 0.3) is 0 Å². The topological polar surface area (TPSA) is 50.4 Å². The van der Waals surface area contributed by atoms with E-state index in [0.29, 0.717) is 6.04 Å². The Balaban J connectivity index is 1.90. The minimum absolute atomic E-state index is 0.182. The molecule has 2 rings (SSSR count). The summed E-state index contributed by atoms with van der Waals surface area (Å²) < 4.78 is 5.36. The second-order valence-corrected chi connectivity index (χ2v) is 7.67. The van der Waals surface area contributed by atoms with Crippen molar-refractivity contribution in [1.29, 1.82) is 0 Å². The van der Waals surface area contributed by atoms with Crippen molar-refractivity contribution in [2.45, 2.75) is 78.0 Å². The summed E-state index contributed by atoms with van der Waals surface area (Å²) in [6.07, 6.45) is 3.90. The van der Waals surface area contributed by atoms with E-state index in [1.165, 1.54) is 16.8 Å². The molecule has 0 aliphatic heterocycles. The van der Waals surface area contributed by atoms with Gasteiger partial charge in [0.1, 0.15) is 5.60 Å². The van der Waals surface area contributed by atoms with Crippen molar-refractivity contribution < 1.29 is 9.53 Å². The highest BCUT2D eigenvalue weighted by atomic mass is 16.6. The van der Waals surface area contributed by atoms with Crippen LogP contribution in [-0.2, 0) is 4.74 Å². The lowest BCUT2D eigenvalue weighted by molar-refractivity contribution is 0.0492. The molecule has 2 atom stereocenters. The summed E-state index contributed by atoms with van der Waals surface area (Å²) in [6, 6.07) is 7.05. The van der Waals surface area contributed by atoms with E-state index in [0.717, 1.165) is 25.7 Å². The van der Waals surface area contributed by atoms with Crippen molar-refractivity contribution in [2.24, 2.45) is 0 Å². The van der Waals surface area contributed by atoms with E-state index in [1.807, 2.05) is 20.8 Å². The molecule has 0 heterocycles. The normalized spacial score (nSPS) is 21.6. The van der Waals surface area contributed by atoms with Crippen LogP contribution in [0.5, 0.6) is 0 Å². The molecule has 128 valence electrons. The SMILES string of the molecule is Cc1ccc(C)c(NC2CCCC(NC(=O)OC(C)(C)C)C2)c1. The van der Waals surface area contributed by atoms with Gasteiger partial charge in [-0.2, -0.15) is 0 Å². The third-order valence-corrected chi connectivity index (χ3v) is 4.15. The van der Waals surface area contributed by atoms with Gasteiger partial charge in [0.05, 0.1) is 0 Å². The van der Waals surface area contributed by atoms with Crippen LogP contribution in [0.1, 0.15) is 57.6 Å². The Morgan fingerprint density at radius 3 is 2.57 bits per heavy atom. The number of hydrogen-bond donors (Lipinski definition) is 2. The van der Waals surface area contributed by atoms with Crippen molar-refractivity contribution in [2.75, 3.05) is 5.32 Å². The van der Waals surface area contributed by atoms with Crippen LogP contribution < -0.4 is 10.6 Å². The molecule has 4 nitrogen and oxygen atoms in total. The fourth-order valence-electron chi connectivity index (χ4n) is 3.04. The van der Waals surface area contributed by atoms with Crippen LogP contribution >= 0.6 is 0 Å². The molecular formula is C19H30N2O2. The van der Waals surface area contributed by atoms with Crippen LogP contribution in [0.2, 0.25) is 0 Å². The minimum Gasteiger partial charge on any atom is -0.444 e. The van der Waals surface area contributed by atoms with E-state index in [1.54, 1.807) is 0 Å². The highest BCUT2D eigenvalue weighted by Crippen LogP contribution is 2.25. The molecule has 1 aromatic rings. The third-order valence-electron chi connectivity index (χ3n) is 4.15. The number of ether oxygens (including phenoxy) is 1. The number of hydrogen-bond acceptors (Lipinski definition) is 3. The lowest BCUT2D eigenvalue weighted by Gasteiger charge is -2.32. The Bertz CT molecular complexity index is 549. The minimum atomic E-state index is -0.449. The van der Waals surface area contributed by atoms with Crippen molar-refractivity contribution in [1.82, 2.24) is 5.32 Å². The Morgan fingerprint density at radius 1 is 1.17 bits per heavy atom. The monoisotopic (exact) mass is 318 g/mol. The number of aryl methyl sites for hydroxylation is 2. The molecule has 2 N–H and O–H groups in total. The van der Waals surface area contributed by atoms with Crippen LogP contribution in [0.15, 0.2) is 18.2 Å². The first-order chi connectivity index (χ1) is 10.7. The molecule has 1 aliphatic rings. The largest absolute Gasteiger partial charge is 0.444 e. The van der Waals surface area contributed by atoms with Gasteiger partial charge in [-0.25, -0.2) is 4.79 Å². The molecule has 0 aromatic heterocycles. The second kappa shape index (κ2) is 7.24. The Hall–Kier alpha value is -1.71. The van der Waals surface area contributed by atoms with Gasteiger partial charge in [0.2, 0.25) is 0 Å². The van der Waals surface area contributed by atoms with E-state index in [-0.39, 0.29) is 12.1 Å². The Kier molecular flexibility index (Phi) is 5.55. The average Bonchev–Trinajstić information content (AvgIpc) is 2.41. The standard InChI is InChI=1S/C19H30N2O2/c1-13-9-10-14(2)17(11-13)20-15-7-6-8-16(12-15)21-18(22)23-19(3,4)5/h9-11,15-16,20H,6-8,12H2,1-5H3,(H,21,22). The van der Waals surface area contributed by atoms with Gasteiger partial charge < -0.3 is 15.4 Å². The third kappa shape index (κ3) is 5.77. The van der Waals surface area contributed by atoms with Crippen molar-refractivity contribution >= 4 is 11.8 Å².